The molecule has 2 aliphatic rings. The molecule has 1 saturated carbocycles. The first-order valence-corrected chi connectivity index (χ1v) is 7.51. The summed E-state index contributed by atoms with van der Waals surface area (Å²) in [5.41, 5.74) is 3.65. The van der Waals surface area contributed by atoms with Gasteiger partial charge >= 0.3 is 5.97 Å². The lowest BCUT2D eigenvalue weighted by Crippen LogP contribution is -2.12. The molecule has 102 valence electrons. The second kappa shape index (κ2) is 5.32. The molecule has 1 heterocycles. The Labute approximate surface area is 114 Å². The largest absolute Gasteiger partial charge is 0.478 e. The number of pyridine rings is 1. The minimum Gasteiger partial charge on any atom is -0.478 e. The van der Waals surface area contributed by atoms with Crippen molar-refractivity contribution in [1.82, 2.24) is 4.98 Å². The molecule has 2 aliphatic carbocycles. The first-order chi connectivity index (χ1) is 9.25. The zero-order chi connectivity index (χ0) is 13.2. The number of nitrogens with zero attached hydrogens (tertiary/aromatic N) is 1. The van der Waals surface area contributed by atoms with Gasteiger partial charge in [-0.15, -0.1) is 0 Å². The molecule has 3 rings (SSSR count). The molecular formula is C16H21NO2. The van der Waals surface area contributed by atoms with E-state index < -0.39 is 5.97 Å². The molecule has 3 nitrogen and oxygen atoms in total. The molecule has 0 aromatic carbocycles. The van der Waals surface area contributed by atoms with Crippen LogP contribution in [-0.2, 0) is 12.8 Å². The van der Waals surface area contributed by atoms with Crippen LogP contribution >= 0.6 is 0 Å². The van der Waals surface area contributed by atoms with Crippen LogP contribution in [0.2, 0.25) is 0 Å². The van der Waals surface area contributed by atoms with Gasteiger partial charge in [-0.05, 0) is 43.7 Å². The average Bonchev–Trinajstić information content (AvgIpc) is 2.69. The summed E-state index contributed by atoms with van der Waals surface area (Å²) in [7, 11) is 0. The lowest BCUT2D eigenvalue weighted by atomic mass is 9.91. The fourth-order valence-electron chi connectivity index (χ4n) is 3.52. The van der Waals surface area contributed by atoms with Crippen LogP contribution in [0.5, 0.6) is 0 Å². The van der Waals surface area contributed by atoms with Crippen LogP contribution in [0, 0.1) is 0 Å². The number of carbonyl (C=O) groups is 1. The first-order valence-electron chi connectivity index (χ1n) is 7.51. The minimum absolute atomic E-state index is 0.361. The number of carboxylic acid groups (broad SMARTS) is 1. The van der Waals surface area contributed by atoms with E-state index in [1.807, 2.05) is 6.07 Å². The molecule has 3 heteroatoms. The summed E-state index contributed by atoms with van der Waals surface area (Å²) >= 11 is 0. The van der Waals surface area contributed by atoms with Crippen LogP contribution in [0.15, 0.2) is 6.07 Å². The lowest BCUT2D eigenvalue weighted by molar-refractivity contribution is 0.0694. The number of aromatic nitrogens is 1. The number of hydrogen-bond donors (Lipinski definition) is 1. The predicted octanol–water partition coefficient (Wildman–Crippen LogP) is 3.71. The van der Waals surface area contributed by atoms with Crippen molar-refractivity contribution in [3.05, 3.63) is 28.6 Å². The van der Waals surface area contributed by atoms with E-state index in [9.17, 15) is 9.90 Å². The van der Waals surface area contributed by atoms with Crippen molar-refractivity contribution >= 4 is 5.97 Å². The van der Waals surface area contributed by atoms with E-state index in [1.54, 1.807) is 0 Å². The summed E-state index contributed by atoms with van der Waals surface area (Å²) in [5.74, 6) is -0.444. The molecule has 0 saturated heterocycles. The number of carboxylic acids is 1. The van der Waals surface area contributed by atoms with E-state index >= 15 is 0 Å². The molecule has 0 amide bonds. The predicted molar refractivity (Wildman–Crippen MR) is 73.7 cm³/mol. The van der Waals surface area contributed by atoms with E-state index in [1.165, 1.54) is 25.7 Å². The molecule has 1 N–H and O–H groups in total. The van der Waals surface area contributed by atoms with Crippen molar-refractivity contribution in [3.8, 4) is 0 Å². The summed E-state index contributed by atoms with van der Waals surface area (Å²) in [4.78, 5) is 16.3. The molecule has 0 bridgehead atoms. The highest BCUT2D eigenvalue weighted by Gasteiger charge is 2.25. The SMILES string of the molecule is O=C(O)c1cc2c(nc1C1CCCCCC1)CCC2. The monoisotopic (exact) mass is 259 g/mol. The molecule has 0 radical (unpaired) electrons. The van der Waals surface area contributed by atoms with E-state index in [-0.39, 0.29) is 0 Å². The second-order valence-electron chi connectivity index (χ2n) is 5.87. The number of fused-ring (bicyclic) bond motifs is 1. The van der Waals surface area contributed by atoms with Gasteiger partial charge in [0.1, 0.15) is 0 Å². The van der Waals surface area contributed by atoms with Crippen molar-refractivity contribution in [2.45, 2.75) is 63.7 Å². The maximum absolute atomic E-state index is 11.5. The van der Waals surface area contributed by atoms with Gasteiger partial charge in [0.25, 0.3) is 0 Å². The standard InChI is InChI=1S/C16H21NO2/c18-16(19)13-10-12-8-5-9-14(12)17-15(13)11-6-3-1-2-4-7-11/h10-11H,1-9H2,(H,18,19). The Balaban J connectivity index is 2.00. The van der Waals surface area contributed by atoms with Gasteiger partial charge in [-0.3, -0.25) is 4.98 Å². The van der Waals surface area contributed by atoms with E-state index in [2.05, 4.69) is 0 Å². The number of aromatic carboxylic acids is 1. The average molecular weight is 259 g/mol. The summed E-state index contributed by atoms with van der Waals surface area (Å²) in [6, 6.07) is 1.90. The molecule has 0 aliphatic heterocycles. The van der Waals surface area contributed by atoms with Gasteiger partial charge in [0.15, 0.2) is 0 Å². The zero-order valence-electron chi connectivity index (χ0n) is 11.3. The van der Waals surface area contributed by atoms with E-state index in [0.717, 1.165) is 49.1 Å². The third kappa shape index (κ3) is 2.51. The topological polar surface area (TPSA) is 50.2 Å². The molecule has 1 fully saturated rings. The van der Waals surface area contributed by atoms with Crippen molar-refractivity contribution in [2.24, 2.45) is 0 Å². The fraction of sp³-hybridized carbons (Fsp3) is 0.625. The van der Waals surface area contributed by atoms with Gasteiger partial charge in [-0.25, -0.2) is 4.79 Å². The van der Waals surface area contributed by atoms with Gasteiger partial charge in [-0.2, -0.15) is 0 Å². The Bertz CT molecular complexity index is 488. The Morgan fingerprint density at radius 1 is 1.11 bits per heavy atom. The first kappa shape index (κ1) is 12.6. The Kier molecular flexibility index (Phi) is 3.54. The third-order valence-electron chi connectivity index (χ3n) is 4.55. The van der Waals surface area contributed by atoms with Gasteiger partial charge in [-0.1, -0.05) is 25.7 Å². The fourth-order valence-corrected chi connectivity index (χ4v) is 3.52. The van der Waals surface area contributed by atoms with Crippen LogP contribution < -0.4 is 0 Å². The third-order valence-corrected chi connectivity index (χ3v) is 4.55. The Morgan fingerprint density at radius 2 is 1.84 bits per heavy atom. The van der Waals surface area contributed by atoms with Gasteiger partial charge in [0.2, 0.25) is 0 Å². The summed E-state index contributed by atoms with van der Waals surface area (Å²) < 4.78 is 0. The van der Waals surface area contributed by atoms with E-state index in [0.29, 0.717) is 11.5 Å². The highest BCUT2D eigenvalue weighted by molar-refractivity contribution is 5.89. The summed E-state index contributed by atoms with van der Waals surface area (Å²) in [6.45, 7) is 0. The van der Waals surface area contributed by atoms with Crippen LogP contribution in [0.4, 0.5) is 0 Å². The van der Waals surface area contributed by atoms with Crippen molar-refractivity contribution in [1.29, 1.82) is 0 Å². The zero-order valence-corrected chi connectivity index (χ0v) is 11.3. The smallest absolute Gasteiger partial charge is 0.337 e. The van der Waals surface area contributed by atoms with Crippen LogP contribution in [0.25, 0.3) is 0 Å². The van der Waals surface area contributed by atoms with Crippen molar-refractivity contribution in [2.75, 3.05) is 0 Å². The van der Waals surface area contributed by atoms with Crippen molar-refractivity contribution < 1.29 is 9.90 Å². The maximum atomic E-state index is 11.5. The molecular weight excluding hydrogens is 238 g/mol. The Hall–Kier alpha value is -1.38. The van der Waals surface area contributed by atoms with Gasteiger partial charge in [0.05, 0.1) is 11.3 Å². The van der Waals surface area contributed by atoms with Crippen LogP contribution in [0.1, 0.15) is 78.2 Å². The Morgan fingerprint density at radius 3 is 2.53 bits per heavy atom. The normalized spacial score (nSPS) is 20.0. The quantitative estimate of drug-likeness (QED) is 0.824. The molecule has 19 heavy (non-hydrogen) atoms. The highest BCUT2D eigenvalue weighted by atomic mass is 16.4. The lowest BCUT2D eigenvalue weighted by Gasteiger charge is -2.17. The van der Waals surface area contributed by atoms with Crippen LogP contribution in [0.3, 0.4) is 0 Å². The van der Waals surface area contributed by atoms with Crippen LogP contribution in [-0.4, -0.2) is 16.1 Å². The maximum Gasteiger partial charge on any atom is 0.337 e. The molecule has 1 aromatic rings. The minimum atomic E-state index is -0.804. The number of hydrogen-bond acceptors (Lipinski definition) is 2. The van der Waals surface area contributed by atoms with E-state index in [4.69, 9.17) is 4.98 Å². The number of aryl methyl sites for hydroxylation is 2. The molecule has 1 aromatic heterocycles. The van der Waals surface area contributed by atoms with Crippen molar-refractivity contribution in [3.63, 3.8) is 0 Å². The summed E-state index contributed by atoms with van der Waals surface area (Å²) in [5, 5.41) is 9.46. The molecule has 0 unspecified atom stereocenters. The number of rotatable bonds is 2. The van der Waals surface area contributed by atoms with Gasteiger partial charge in [0, 0.05) is 11.6 Å². The second-order valence-corrected chi connectivity index (χ2v) is 5.87. The van der Waals surface area contributed by atoms with Gasteiger partial charge < -0.3 is 5.11 Å². The molecule has 0 spiro atoms. The molecule has 0 atom stereocenters. The highest BCUT2D eigenvalue weighted by Crippen LogP contribution is 2.34. The summed E-state index contributed by atoms with van der Waals surface area (Å²) in [6.07, 6.45) is 10.3.